The second-order valence-electron chi connectivity index (χ2n) is 2.63. The largest absolute Gasteiger partial charge is 0.300 e. The van der Waals surface area contributed by atoms with E-state index in [1.165, 1.54) is 6.33 Å². The van der Waals surface area contributed by atoms with Crippen molar-refractivity contribution >= 4 is 17.5 Å². The van der Waals surface area contributed by atoms with Gasteiger partial charge in [0, 0.05) is 18.6 Å². The minimum absolute atomic E-state index is 0.332. The average Bonchev–Trinajstić information content (AvgIpc) is 2.64. The summed E-state index contributed by atoms with van der Waals surface area (Å²) in [7, 11) is 0. The van der Waals surface area contributed by atoms with Gasteiger partial charge in [-0.3, -0.25) is 9.89 Å². The van der Waals surface area contributed by atoms with Gasteiger partial charge < -0.3 is 0 Å². The van der Waals surface area contributed by atoms with Crippen molar-refractivity contribution in [2.45, 2.75) is 31.3 Å². The van der Waals surface area contributed by atoms with Crippen LogP contribution >= 0.6 is 11.8 Å². The molecule has 0 amide bonds. The molecule has 0 aromatic carbocycles. The molecule has 0 saturated carbocycles. The van der Waals surface area contributed by atoms with E-state index in [1.807, 2.05) is 6.92 Å². The van der Waals surface area contributed by atoms with Gasteiger partial charge in [-0.1, -0.05) is 18.7 Å². The van der Waals surface area contributed by atoms with Crippen LogP contribution in [-0.2, 0) is 4.79 Å². The quantitative estimate of drug-likeness (QED) is 0.559. The first kappa shape index (κ1) is 10.2. The number of aromatic nitrogens is 3. The molecule has 0 unspecified atom stereocenters. The predicted molar refractivity (Wildman–Crippen MR) is 51.6 cm³/mol. The topological polar surface area (TPSA) is 58.6 Å². The Morgan fingerprint density at radius 3 is 3.15 bits per heavy atom. The maximum absolute atomic E-state index is 10.9. The zero-order valence-electron chi connectivity index (χ0n) is 7.62. The van der Waals surface area contributed by atoms with Crippen LogP contribution in [0.25, 0.3) is 0 Å². The predicted octanol–water partition coefficient (Wildman–Crippen LogP) is 1.66. The molecule has 1 heterocycles. The number of ketones is 1. The average molecular weight is 199 g/mol. The fourth-order valence-corrected chi connectivity index (χ4v) is 1.60. The molecule has 0 radical (unpaired) electrons. The van der Waals surface area contributed by atoms with Crippen molar-refractivity contribution in [2.24, 2.45) is 0 Å². The number of hydrogen-bond donors (Lipinski definition) is 1. The van der Waals surface area contributed by atoms with Crippen LogP contribution in [0.2, 0.25) is 0 Å². The number of thioether (sulfide) groups is 1. The molecule has 72 valence electrons. The third kappa shape index (κ3) is 4.07. The van der Waals surface area contributed by atoms with Crippen molar-refractivity contribution in [3.05, 3.63) is 6.33 Å². The normalized spacial score (nSPS) is 10.2. The number of nitrogens with one attached hydrogen (secondary N) is 1. The third-order valence-electron chi connectivity index (χ3n) is 1.63. The van der Waals surface area contributed by atoms with Gasteiger partial charge in [-0.15, -0.1) is 0 Å². The van der Waals surface area contributed by atoms with E-state index in [-0.39, 0.29) is 0 Å². The van der Waals surface area contributed by atoms with Crippen LogP contribution in [0.4, 0.5) is 0 Å². The Labute approximate surface area is 81.5 Å². The lowest BCUT2D eigenvalue weighted by Crippen LogP contribution is -1.95. The third-order valence-corrected chi connectivity index (χ3v) is 2.59. The van der Waals surface area contributed by atoms with Gasteiger partial charge in [0.15, 0.2) is 5.16 Å². The van der Waals surface area contributed by atoms with E-state index in [9.17, 15) is 4.79 Å². The SMILES string of the molecule is CCC(=O)CCCSc1ncn[nH]1. The first-order valence-electron chi connectivity index (χ1n) is 4.32. The van der Waals surface area contributed by atoms with E-state index in [2.05, 4.69) is 15.2 Å². The lowest BCUT2D eigenvalue weighted by atomic mass is 10.2. The monoisotopic (exact) mass is 199 g/mol. The Balaban J connectivity index is 2.05. The molecule has 1 N–H and O–H groups in total. The number of carbonyl (C=O) groups excluding carboxylic acids is 1. The summed E-state index contributed by atoms with van der Waals surface area (Å²) in [4.78, 5) is 14.9. The first-order valence-corrected chi connectivity index (χ1v) is 5.31. The molecule has 4 nitrogen and oxygen atoms in total. The summed E-state index contributed by atoms with van der Waals surface area (Å²) in [6, 6.07) is 0. The Hall–Kier alpha value is -0.840. The highest BCUT2D eigenvalue weighted by Gasteiger charge is 1.99. The molecule has 13 heavy (non-hydrogen) atoms. The van der Waals surface area contributed by atoms with Crippen molar-refractivity contribution < 1.29 is 4.79 Å². The number of rotatable bonds is 6. The van der Waals surface area contributed by atoms with E-state index in [0.717, 1.165) is 17.3 Å². The summed E-state index contributed by atoms with van der Waals surface area (Å²) in [5.74, 6) is 1.25. The van der Waals surface area contributed by atoms with Gasteiger partial charge in [0.1, 0.15) is 12.1 Å². The summed E-state index contributed by atoms with van der Waals surface area (Å²) in [6.45, 7) is 1.89. The molecule has 0 fully saturated rings. The Kier molecular flexibility index (Phi) is 4.53. The van der Waals surface area contributed by atoms with Crippen molar-refractivity contribution in [2.75, 3.05) is 5.75 Å². The van der Waals surface area contributed by atoms with Crippen LogP contribution in [0.3, 0.4) is 0 Å². The van der Waals surface area contributed by atoms with Crippen molar-refractivity contribution in [3.8, 4) is 0 Å². The minimum atomic E-state index is 0.332. The number of nitrogens with zero attached hydrogens (tertiary/aromatic N) is 2. The lowest BCUT2D eigenvalue weighted by Gasteiger charge is -1.96. The second-order valence-corrected chi connectivity index (χ2v) is 3.72. The lowest BCUT2D eigenvalue weighted by molar-refractivity contribution is -0.118. The summed E-state index contributed by atoms with van der Waals surface area (Å²) < 4.78 is 0. The molecule has 1 aromatic heterocycles. The number of H-pyrrole nitrogens is 1. The molecular formula is C8H13N3OS. The Morgan fingerprint density at radius 2 is 2.54 bits per heavy atom. The highest BCUT2D eigenvalue weighted by atomic mass is 32.2. The highest BCUT2D eigenvalue weighted by Crippen LogP contribution is 2.12. The first-order chi connectivity index (χ1) is 6.33. The van der Waals surface area contributed by atoms with E-state index in [1.54, 1.807) is 11.8 Å². The summed E-state index contributed by atoms with van der Waals surface area (Å²) >= 11 is 1.60. The highest BCUT2D eigenvalue weighted by molar-refractivity contribution is 7.99. The maximum atomic E-state index is 10.9. The standard InChI is InChI=1S/C8H13N3OS/c1-2-7(12)4-3-5-13-8-9-6-10-11-8/h6H,2-5H2,1H3,(H,9,10,11). The van der Waals surface area contributed by atoms with Crippen LogP contribution in [0.1, 0.15) is 26.2 Å². The number of hydrogen-bond acceptors (Lipinski definition) is 4. The Bertz CT molecular complexity index is 248. The van der Waals surface area contributed by atoms with E-state index >= 15 is 0 Å². The molecule has 0 bridgehead atoms. The van der Waals surface area contributed by atoms with Gasteiger partial charge in [0.05, 0.1) is 0 Å². The van der Waals surface area contributed by atoms with Gasteiger partial charge in [0.2, 0.25) is 0 Å². The van der Waals surface area contributed by atoms with E-state index in [4.69, 9.17) is 0 Å². The van der Waals surface area contributed by atoms with Gasteiger partial charge in [0.25, 0.3) is 0 Å². The zero-order valence-corrected chi connectivity index (χ0v) is 8.43. The van der Waals surface area contributed by atoms with Crippen LogP contribution in [0.15, 0.2) is 11.5 Å². The van der Waals surface area contributed by atoms with Crippen molar-refractivity contribution in [1.82, 2.24) is 15.2 Å². The molecule has 0 aliphatic carbocycles. The second kappa shape index (κ2) is 5.75. The summed E-state index contributed by atoms with van der Waals surface area (Å²) in [5.41, 5.74) is 0. The van der Waals surface area contributed by atoms with Crippen LogP contribution in [0.5, 0.6) is 0 Å². The zero-order chi connectivity index (χ0) is 9.52. The molecule has 0 aliphatic rings. The van der Waals surface area contributed by atoms with E-state index < -0.39 is 0 Å². The summed E-state index contributed by atoms with van der Waals surface area (Å²) in [5, 5.41) is 7.31. The van der Waals surface area contributed by atoms with Crippen LogP contribution in [0, 0.1) is 0 Å². The number of Topliss-reactive ketones (excluding diaryl/α,β-unsaturated/α-hetero) is 1. The van der Waals surface area contributed by atoms with Gasteiger partial charge in [-0.05, 0) is 6.42 Å². The molecule has 0 saturated heterocycles. The van der Waals surface area contributed by atoms with Crippen LogP contribution in [-0.4, -0.2) is 26.7 Å². The molecule has 5 heteroatoms. The smallest absolute Gasteiger partial charge is 0.183 e. The molecule has 1 rings (SSSR count). The Morgan fingerprint density at radius 1 is 1.69 bits per heavy atom. The minimum Gasteiger partial charge on any atom is -0.300 e. The van der Waals surface area contributed by atoms with Crippen LogP contribution < -0.4 is 0 Å². The fourth-order valence-electron chi connectivity index (χ4n) is 0.879. The molecule has 0 atom stereocenters. The van der Waals surface area contributed by atoms with Gasteiger partial charge >= 0.3 is 0 Å². The molecule has 0 aliphatic heterocycles. The van der Waals surface area contributed by atoms with Gasteiger partial charge in [-0.25, -0.2) is 4.98 Å². The van der Waals surface area contributed by atoms with E-state index in [0.29, 0.717) is 18.6 Å². The molecular weight excluding hydrogens is 186 g/mol. The number of carbonyl (C=O) groups is 1. The van der Waals surface area contributed by atoms with Crippen molar-refractivity contribution in [1.29, 1.82) is 0 Å². The number of aromatic amines is 1. The summed E-state index contributed by atoms with van der Waals surface area (Å²) in [6.07, 6.45) is 3.72. The fraction of sp³-hybridized carbons (Fsp3) is 0.625. The van der Waals surface area contributed by atoms with Crippen molar-refractivity contribution in [3.63, 3.8) is 0 Å². The maximum Gasteiger partial charge on any atom is 0.183 e. The molecule has 0 spiro atoms. The molecule has 1 aromatic rings. The van der Waals surface area contributed by atoms with Gasteiger partial charge in [-0.2, -0.15) is 5.10 Å².